The van der Waals surface area contributed by atoms with Crippen LogP contribution in [0.3, 0.4) is 0 Å². The number of ketones is 1. The summed E-state index contributed by atoms with van der Waals surface area (Å²) in [7, 11) is 1.88. The third-order valence-corrected chi connectivity index (χ3v) is 3.25. The van der Waals surface area contributed by atoms with Crippen LogP contribution < -0.4 is 0 Å². The molecule has 0 saturated heterocycles. The molecule has 0 spiro atoms. The molecule has 3 aromatic rings. The largest absolute Gasteiger partial charge is 0.284 e. The third-order valence-electron chi connectivity index (χ3n) is 3.25. The lowest BCUT2D eigenvalue weighted by Crippen LogP contribution is -2.04. The van der Waals surface area contributed by atoms with Gasteiger partial charge in [0.05, 0.1) is 18.1 Å². The van der Waals surface area contributed by atoms with Crippen LogP contribution in [0, 0.1) is 11.8 Å². The van der Waals surface area contributed by atoms with Crippen LogP contribution in [0.25, 0.3) is 22.0 Å². The number of carbonyl (C=O) groups excluding carboxylic acids is 1. The number of carbonyl (C=O) groups is 1. The van der Waals surface area contributed by atoms with Crippen molar-refractivity contribution in [2.24, 2.45) is 7.05 Å². The maximum Gasteiger partial charge on any atom is 0.213 e. The van der Waals surface area contributed by atoms with Crippen molar-refractivity contribution >= 4 is 16.7 Å². The molecule has 0 fully saturated rings. The van der Waals surface area contributed by atoms with Crippen molar-refractivity contribution in [3.63, 3.8) is 0 Å². The lowest BCUT2D eigenvalue weighted by Gasteiger charge is -2.03. The van der Waals surface area contributed by atoms with E-state index in [0.29, 0.717) is 5.82 Å². The highest BCUT2D eigenvalue weighted by Gasteiger charge is 2.07. The van der Waals surface area contributed by atoms with Gasteiger partial charge in [0.1, 0.15) is 5.82 Å². The van der Waals surface area contributed by atoms with Crippen LogP contribution in [0.15, 0.2) is 36.8 Å². The molecule has 0 aliphatic rings. The van der Waals surface area contributed by atoms with Gasteiger partial charge in [-0.2, -0.15) is 5.10 Å². The van der Waals surface area contributed by atoms with Crippen molar-refractivity contribution in [1.29, 1.82) is 0 Å². The van der Waals surface area contributed by atoms with Crippen LogP contribution in [0.4, 0.5) is 0 Å². The topological polar surface area (TPSA) is 60.7 Å². The van der Waals surface area contributed by atoms with Gasteiger partial charge in [-0.15, -0.1) is 0 Å². The fourth-order valence-corrected chi connectivity index (χ4v) is 2.22. The van der Waals surface area contributed by atoms with Gasteiger partial charge in [-0.25, -0.2) is 9.97 Å². The van der Waals surface area contributed by atoms with E-state index in [2.05, 4.69) is 26.9 Å². The van der Waals surface area contributed by atoms with Gasteiger partial charge in [0.15, 0.2) is 0 Å². The number of hydrogen-bond acceptors (Lipinski definition) is 4. The minimum absolute atomic E-state index is 0.133. The Kier molecular flexibility index (Phi) is 3.67. The normalized spacial score (nSPS) is 10.3. The molecule has 0 aliphatic carbocycles. The molecule has 3 rings (SSSR count). The van der Waals surface area contributed by atoms with Crippen molar-refractivity contribution in [3.8, 4) is 23.0 Å². The molecule has 5 heteroatoms. The van der Waals surface area contributed by atoms with Gasteiger partial charge in [-0.05, 0) is 24.5 Å². The minimum atomic E-state index is -0.176. The van der Waals surface area contributed by atoms with Crippen LogP contribution in [-0.4, -0.2) is 25.5 Å². The van der Waals surface area contributed by atoms with Gasteiger partial charge in [0, 0.05) is 30.4 Å². The van der Waals surface area contributed by atoms with E-state index in [-0.39, 0.29) is 12.2 Å². The number of fused-ring (bicyclic) bond motifs is 1. The Morgan fingerprint density at radius 2 is 2.14 bits per heavy atom. The Labute approximate surface area is 128 Å². The first-order valence-corrected chi connectivity index (χ1v) is 6.86. The Hall–Kier alpha value is -3.00. The second-order valence-corrected chi connectivity index (χ2v) is 4.94. The van der Waals surface area contributed by atoms with Crippen LogP contribution >= 0.6 is 0 Å². The highest BCUT2D eigenvalue weighted by molar-refractivity contribution is 5.96. The van der Waals surface area contributed by atoms with E-state index in [1.54, 1.807) is 17.8 Å². The molecule has 1 aromatic carbocycles. The smallest absolute Gasteiger partial charge is 0.213 e. The summed E-state index contributed by atoms with van der Waals surface area (Å²) in [6.07, 6.45) is 5.62. The zero-order valence-corrected chi connectivity index (χ0v) is 12.4. The zero-order chi connectivity index (χ0) is 15.5. The summed E-state index contributed by atoms with van der Waals surface area (Å²) in [5.74, 6) is 5.41. The highest BCUT2D eigenvalue weighted by atomic mass is 16.1. The second-order valence-electron chi connectivity index (χ2n) is 4.94. The number of benzene rings is 1. The third kappa shape index (κ3) is 2.86. The van der Waals surface area contributed by atoms with Gasteiger partial charge in [0.25, 0.3) is 0 Å². The molecule has 0 bridgehead atoms. The average molecular weight is 290 g/mol. The number of nitrogens with zero attached hydrogens (tertiary/aromatic N) is 4. The van der Waals surface area contributed by atoms with E-state index < -0.39 is 0 Å². The fraction of sp³-hybridized carbons (Fsp3) is 0.176. The van der Waals surface area contributed by atoms with Crippen molar-refractivity contribution in [3.05, 3.63) is 42.6 Å². The molecular weight excluding hydrogens is 276 g/mol. The first-order valence-electron chi connectivity index (χ1n) is 6.86. The number of hydrogen-bond donors (Lipinski definition) is 0. The lowest BCUT2D eigenvalue weighted by molar-refractivity contribution is -0.113. The first kappa shape index (κ1) is 14.0. The van der Waals surface area contributed by atoms with E-state index in [4.69, 9.17) is 0 Å². The average Bonchev–Trinajstić information content (AvgIpc) is 2.93. The van der Waals surface area contributed by atoms with Crippen LogP contribution in [0.5, 0.6) is 0 Å². The van der Waals surface area contributed by atoms with Crippen LogP contribution in [0.1, 0.15) is 12.7 Å². The molecular formula is C17H14N4O. The molecule has 22 heavy (non-hydrogen) atoms. The fourth-order valence-electron chi connectivity index (χ4n) is 2.22. The van der Waals surface area contributed by atoms with Gasteiger partial charge in [-0.1, -0.05) is 18.1 Å². The van der Waals surface area contributed by atoms with E-state index >= 15 is 0 Å². The molecule has 2 heterocycles. The molecule has 0 atom stereocenters. The van der Waals surface area contributed by atoms with Crippen molar-refractivity contribution in [2.75, 3.05) is 0 Å². The van der Waals surface area contributed by atoms with Gasteiger partial charge in [-0.3, -0.25) is 9.48 Å². The molecule has 0 unspecified atom stereocenters. The van der Waals surface area contributed by atoms with Crippen molar-refractivity contribution in [1.82, 2.24) is 19.7 Å². The predicted octanol–water partition coefficient (Wildman–Crippen LogP) is 2.17. The maximum atomic E-state index is 11.6. The van der Waals surface area contributed by atoms with Gasteiger partial charge < -0.3 is 0 Å². The van der Waals surface area contributed by atoms with Gasteiger partial charge in [0.2, 0.25) is 5.78 Å². The zero-order valence-electron chi connectivity index (χ0n) is 12.4. The van der Waals surface area contributed by atoms with E-state index in [0.717, 1.165) is 22.0 Å². The lowest BCUT2D eigenvalue weighted by atomic mass is 10.1. The van der Waals surface area contributed by atoms with E-state index in [1.165, 1.54) is 0 Å². The highest BCUT2D eigenvalue weighted by Crippen LogP contribution is 2.22. The van der Waals surface area contributed by atoms with E-state index in [9.17, 15) is 4.79 Å². The van der Waals surface area contributed by atoms with Crippen molar-refractivity contribution in [2.45, 2.75) is 13.3 Å². The molecule has 0 radical (unpaired) electrons. The molecule has 0 aliphatic heterocycles. The maximum absolute atomic E-state index is 11.6. The number of Topliss-reactive ketones (excluding diaryl/α,β-unsaturated/α-hetero) is 1. The first-order chi connectivity index (χ1) is 10.7. The van der Waals surface area contributed by atoms with Crippen molar-refractivity contribution < 1.29 is 4.79 Å². The summed E-state index contributed by atoms with van der Waals surface area (Å²) in [5.41, 5.74) is 2.87. The van der Waals surface area contributed by atoms with Gasteiger partial charge >= 0.3 is 0 Å². The molecule has 108 valence electrons. The van der Waals surface area contributed by atoms with Crippen LogP contribution in [0.2, 0.25) is 0 Å². The predicted molar refractivity (Wildman–Crippen MR) is 83.9 cm³/mol. The summed E-state index contributed by atoms with van der Waals surface area (Å²) in [6.45, 7) is 1.64. The van der Waals surface area contributed by atoms with E-state index in [1.807, 2.05) is 37.6 Å². The number of aromatic nitrogens is 4. The molecule has 5 nitrogen and oxygen atoms in total. The Balaban J connectivity index is 1.98. The summed E-state index contributed by atoms with van der Waals surface area (Å²) in [6, 6.07) is 5.96. The summed E-state index contributed by atoms with van der Waals surface area (Å²) < 4.78 is 1.76. The Bertz CT molecular complexity index is 915. The SMILES string of the molecule is CC#CC(=O)Cc1ncc2ccc(-c3cnn(C)c3)cc2n1. The number of rotatable bonds is 3. The molecule has 2 aromatic heterocycles. The molecule has 0 saturated carbocycles. The number of aryl methyl sites for hydroxylation is 1. The summed E-state index contributed by atoms with van der Waals surface area (Å²) >= 11 is 0. The Morgan fingerprint density at radius 1 is 1.27 bits per heavy atom. The standard InChI is InChI=1S/C17H14N4O/c1-3-4-15(22)8-17-18-9-13-6-5-12(7-16(13)20-17)14-10-19-21(2)11-14/h5-7,9-11H,8H2,1-2H3. The second kappa shape index (κ2) is 5.78. The van der Waals surface area contributed by atoms with Crippen LogP contribution in [-0.2, 0) is 18.3 Å². The molecule has 0 N–H and O–H groups in total. The monoisotopic (exact) mass is 290 g/mol. The minimum Gasteiger partial charge on any atom is -0.284 e. The summed E-state index contributed by atoms with van der Waals surface area (Å²) in [5, 5.41) is 5.11. The summed E-state index contributed by atoms with van der Waals surface area (Å²) in [4.78, 5) is 20.3. The molecule has 0 amide bonds. The quantitative estimate of drug-likeness (QED) is 0.548. The Morgan fingerprint density at radius 3 is 2.86 bits per heavy atom.